The molecule has 1 aromatic heterocycles. The number of benzene rings is 1. The van der Waals surface area contributed by atoms with Gasteiger partial charge >= 0.3 is 5.97 Å². The maximum absolute atomic E-state index is 12.5. The average Bonchev–Trinajstić information content (AvgIpc) is 3.00. The molecule has 0 saturated heterocycles. The van der Waals surface area contributed by atoms with Gasteiger partial charge in [0.25, 0.3) is 0 Å². The van der Waals surface area contributed by atoms with Crippen molar-refractivity contribution < 1.29 is 19.5 Å². The Bertz CT molecular complexity index is 893. The fourth-order valence-corrected chi connectivity index (χ4v) is 3.03. The van der Waals surface area contributed by atoms with Gasteiger partial charge in [-0.15, -0.1) is 0 Å². The maximum Gasteiger partial charge on any atom is 0.318 e. The van der Waals surface area contributed by atoms with Crippen molar-refractivity contribution in [2.75, 3.05) is 6.54 Å². The average molecular weight is 402 g/mol. The summed E-state index contributed by atoms with van der Waals surface area (Å²) in [5.74, 6) is -1.88. The van der Waals surface area contributed by atoms with E-state index in [2.05, 4.69) is 15.6 Å². The van der Waals surface area contributed by atoms with E-state index in [0.29, 0.717) is 12.8 Å². The zero-order valence-corrected chi connectivity index (χ0v) is 17.8. The van der Waals surface area contributed by atoms with E-state index in [0.717, 1.165) is 16.5 Å². The topological polar surface area (TPSA) is 111 Å². The second-order valence-corrected chi connectivity index (χ2v) is 9.21. The van der Waals surface area contributed by atoms with Crippen LogP contribution in [0.4, 0.5) is 0 Å². The third-order valence-electron chi connectivity index (χ3n) is 4.81. The van der Waals surface area contributed by atoms with E-state index in [-0.39, 0.29) is 23.9 Å². The molecular weight excluding hydrogens is 370 g/mol. The molecule has 7 nitrogen and oxygen atoms in total. The highest BCUT2D eigenvalue weighted by Gasteiger charge is 2.36. The van der Waals surface area contributed by atoms with Gasteiger partial charge in [0.2, 0.25) is 11.8 Å². The molecule has 158 valence electrons. The lowest BCUT2D eigenvalue weighted by molar-refractivity contribution is -0.153. The predicted molar refractivity (Wildman–Crippen MR) is 112 cm³/mol. The van der Waals surface area contributed by atoms with Crippen molar-refractivity contribution in [3.8, 4) is 0 Å². The van der Waals surface area contributed by atoms with Gasteiger partial charge in [-0.2, -0.15) is 0 Å². The molecule has 0 aliphatic rings. The molecule has 2 aromatic rings. The monoisotopic (exact) mass is 401 g/mol. The zero-order valence-electron chi connectivity index (χ0n) is 17.8. The summed E-state index contributed by atoms with van der Waals surface area (Å²) < 4.78 is 0. The number of hydrogen-bond donors (Lipinski definition) is 4. The maximum atomic E-state index is 12.5. The third kappa shape index (κ3) is 6.07. The molecule has 2 amide bonds. The summed E-state index contributed by atoms with van der Waals surface area (Å²) in [5.41, 5.74) is 0.316. The Labute approximate surface area is 171 Å². The number of amides is 2. The van der Waals surface area contributed by atoms with Crippen LogP contribution in [-0.2, 0) is 20.8 Å². The van der Waals surface area contributed by atoms with Gasteiger partial charge < -0.3 is 20.7 Å². The lowest BCUT2D eigenvalue weighted by Crippen LogP contribution is -2.49. The normalized spacial score (nSPS) is 13.1. The van der Waals surface area contributed by atoms with Crippen LogP contribution in [0.15, 0.2) is 30.5 Å². The number of aromatic nitrogens is 1. The van der Waals surface area contributed by atoms with Crippen molar-refractivity contribution in [2.45, 2.75) is 53.5 Å². The first-order valence-corrected chi connectivity index (χ1v) is 9.76. The number of aliphatic carboxylic acids is 1. The van der Waals surface area contributed by atoms with Crippen LogP contribution in [-0.4, -0.2) is 40.5 Å². The van der Waals surface area contributed by atoms with Crippen LogP contribution in [0.2, 0.25) is 0 Å². The Morgan fingerprint density at radius 3 is 2.38 bits per heavy atom. The minimum Gasteiger partial charge on any atom is -0.480 e. The number of carboxylic acid groups (broad SMARTS) is 1. The predicted octanol–water partition coefficient (Wildman–Crippen LogP) is 2.86. The van der Waals surface area contributed by atoms with Crippen LogP contribution in [0.25, 0.3) is 10.9 Å². The third-order valence-corrected chi connectivity index (χ3v) is 4.81. The Balaban J connectivity index is 2.15. The highest BCUT2D eigenvalue weighted by atomic mass is 16.4. The first kappa shape index (κ1) is 22.5. The fraction of sp³-hybridized carbons (Fsp3) is 0.500. The van der Waals surface area contributed by atoms with Crippen molar-refractivity contribution in [2.24, 2.45) is 10.8 Å². The molecule has 0 saturated carbocycles. The highest BCUT2D eigenvalue weighted by molar-refractivity contribution is 6.01. The van der Waals surface area contributed by atoms with Gasteiger partial charge in [-0.3, -0.25) is 14.4 Å². The molecule has 7 heteroatoms. The molecule has 0 unspecified atom stereocenters. The Kier molecular flexibility index (Phi) is 6.72. The molecule has 0 spiro atoms. The van der Waals surface area contributed by atoms with Crippen LogP contribution in [0, 0.1) is 10.8 Å². The Morgan fingerprint density at radius 2 is 1.76 bits per heavy atom. The number of fused-ring (bicyclic) bond motifs is 1. The van der Waals surface area contributed by atoms with Crippen molar-refractivity contribution in [3.05, 3.63) is 36.0 Å². The minimum atomic E-state index is -1.54. The van der Waals surface area contributed by atoms with Gasteiger partial charge in [0, 0.05) is 30.1 Å². The van der Waals surface area contributed by atoms with E-state index in [1.54, 1.807) is 0 Å². The smallest absolute Gasteiger partial charge is 0.318 e. The fourth-order valence-electron chi connectivity index (χ4n) is 3.03. The van der Waals surface area contributed by atoms with Crippen molar-refractivity contribution in [3.63, 3.8) is 0 Å². The quantitative estimate of drug-likeness (QED) is 0.510. The summed E-state index contributed by atoms with van der Waals surface area (Å²) in [6, 6.07) is 7.51. The van der Waals surface area contributed by atoms with Crippen LogP contribution in [0.1, 0.15) is 46.6 Å². The molecule has 0 radical (unpaired) electrons. The van der Waals surface area contributed by atoms with Crippen LogP contribution >= 0.6 is 0 Å². The number of rotatable bonds is 8. The molecule has 4 N–H and O–H groups in total. The van der Waals surface area contributed by atoms with Gasteiger partial charge in [-0.25, -0.2) is 0 Å². The molecule has 2 rings (SSSR count). The molecule has 1 aromatic carbocycles. The Morgan fingerprint density at radius 1 is 1.10 bits per heavy atom. The van der Waals surface area contributed by atoms with Crippen LogP contribution < -0.4 is 10.6 Å². The summed E-state index contributed by atoms with van der Waals surface area (Å²) in [5, 5.41) is 16.0. The number of nitrogens with one attached hydrogen (secondary N) is 3. The number of para-hydroxylation sites is 1. The Hall–Kier alpha value is -2.83. The van der Waals surface area contributed by atoms with E-state index in [1.165, 1.54) is 13.8 Å². The number of H-pyrrole nitrogens is 1. The molecule has 1 atom stereocenters. The van der Waals surface area contributed by atoms with Gasteiger partial charge in [-0.05, 0) is 37.3 Å². The number of carbonyl (C=O) groups excluding carboxylic acids is 2. The second-order valence-electron chi connectivity index (χ2n) is 9.21. The lowest BCUT2D eigenvalue weighted by atomic mass is 9.91. The van der Waals surface area contributed by atoms with E-state index >= 15 is 0 Å². The second kappa shape index (κ2) is 8.68. The molecule has 29 heavy (non-hydrogen) atoms. The van der Waals surface area contributed by atoms with Crippen molar-refractivity contribution in [1.29, 1.82) is 0 Å². The lowest BCUT2D eigenvalue weighted by Gasteiger charge is -2.25. The summed E-state index contributed by atoms with van der Waals surface area (Å²) in [4.78, 5) is 39.3. The molecular formula is C22H31N3O4. The van der Waals surface area contributed by atoms with E-state index in [4.69, 9.17) is 0 Å². The molecule has 0 fully saturated rings. The van der Waals surface area contributed by atoms with Gasteiger partial charge in [-0.1, -0.05) is 39.0 Å². The van der Waals surface area contributed by atoms with Gasteiger partial charge in [0.15, 0.2) is 0 Å². The highest BCUT2D eigenvalue weighted by Crippen LogP contribution is 2.21. The summed E-state index contributed by atoms with van der Waals surface area (Å²) in [6.07, 6.45) is 2.76. The number of hydrogen-bond acceptors (Lipinski definition) is 3. The van der Waals surface area contributed by atoms with Crippen molar-refractivity contribution in [1.82, 2.24) is 15.6 Å². The van der Waals surface area contributed by atoms with E-state index < -0.39 is 17.3 Å². The van der Waals surface area contributed by atoms with Crippen LogP contribution in [0.5, 0.6) is 0 Å². The standard InChI is InChI=1S/C22H31N3O4/c1-21(2,3)11-18(26)25-15(13-24-19(27)22(4,5)20(28)29)10-14-12-23-17-9-7-6-8-16(14)17/h6-9,12,15,23H,10-11,13H2,1-5H3,(H,24,27)(H,25,26)(H,28,29)/t15-/m1/s1. The molecule has 0 bridgehead atoms. The SMILES string of the molecule is CC(C)(C)CC(=O)N[C@@H](CNC(=O)C(C)(C)C(=O)O)Cc1c[nH]c2ccccc12. The number of aromatic amines is 1. The zero-order chi connectivity index (χ0) is 21.8. The van der Waals surface area contributed by atoms with E-state index in [1.807, 2.05) is 51.2 Å². The van der Waals surface area contributed by atoms with Gasteiger partial charge in [0.05, 0.1) is 6.04 Å². The summed E-state index contributed by atoms with van der Waals surface area (Å²) in [7, 11) is 0. The first-order chi connectivity index (χ1) is 13.4. The van der Waals surface area contributed by atoms with Crippen LogP contribution in [0.3, 0.4) is 0 Å². The van der Waals surface area contributed by atoms with E-state index in [9.17, 15) is 19.5 Å². The summed E-state index contributed by atoms with van der Waals surface area (Å²) >= 11 is 0. The first-order valence-electron chi connectivity index (χ1n) is 9.76. The molecule has 0 aliphatic heterocycles. The van der Waals surface area contributed by atoms with Gasteiger partial charge in [0.1, 0.15) is 5.41 Å². The largest absolute Gasteiger partial charge is 0.480 e. The number of carbonyl (C=O) groups is 3. The minimum absolute atomic E-state index is 0.103. The molecule has 0 aliphatic carbocycles. The number of carboxylic acids is 1. The summed E-state index contributed by atoms with van der Waals surface area (Å²) in [6.45, 7) is 8.81. The van der Waals surface area contributed by atoms with Crippen molar-refractivity contribution >= 4 is 28.7 Å². The molecule has 1 heterocycles.